The molecule has 1 atom stereocenters. The van der Waals surface area contributed by atoms with Crippen molar-refractivity contribution in [1.82, 2.24) is 4.31 Å². The summed E-state index contributed by atoms with van der Waals surface area (Å²) < 4.78 is 26.5. The van der Waals surface area contributed by atoms with E-state index in [2.05, 4.69) is 19.2 Å². The van der Waals surface area contributed by atoms with Crippen LogP contribution in [0.2, 0.25) is 0 Å². The standard InChI is InChI=1S/C20H26N2O3S2/c1-5-15(2)16-10-12-17(13-11-16)27(24,25)22(3)14-20(23)21-18-8-6-7-9-19(18)26-4/h6-13,15H,5,14H2,1-4H3,(H,21,23). The average Bonchev–Trinajstić information content (AvgIpc) is 2.67. The van der Waals surface area contributed by atoms with Gasteiger partial charge in [0.05, 0.1) is 17.1 Å². The van der Waals surface area contributed by atoms with Crippen LogP contribution in [-0.4, -0.2) is 38.5 Å². The number of amides is 1. The van der Waals surface area contributed by atoms with E-state index >= 15 is 0 Å². The summed E-state index contributed by atoms with van der Waals surface area (Å²) in [5.41, 5.74) is 1.78. The summed E-state index contributed by atoms with van der Waals surface area (Å²) >= 11 is 1.52. The quantitative estimate of drug-likeness (QED) is 0.668. The van der Waals surface area contributed by atoms with Gasteiger partial charge in [0.15, 0.2) is 0 Å². The van der Waals surface area contributed by atoms with E-state index in [0.29, 0.717) is 11.6 Å². The fourth-order valence-electron chi connectivity index (χ4n) is 2.61. The maximum absolute atomic E-state index is 12.7. The lowest BCUT2D eigenvalue weighted by molar-refractivity contribution is -0.116. The van der Waals surface area contributed by atoms with Crippen molar-refractivity contribution in [3.63, 3.8) is 0 Å². The van der Waals surface area contributed by atoms with Crippen LogP contribution in [0.4, 0.5) is 5.69 Å². The van der Waals surface area contributed by atoms with Crippen LogP contribution in [0.3, 0.4) is 0 Å². The minimum atomic E-state index is -3.72. The summed E-state index contributed by atoms with van der Waals surface area (Å²) in [6.45, 7) is 3.95. The van der Waals surface area contributed by atoms with E-state index in [-0.39, 0.29) is 17.3 Å². The van der Waals surface area contributed by atoms with Gasteiger partial charge in [0.25, 0.3) is 0 Å². The van der Waals surface area contributed by atoms with Gasteiger partial charge in [0, 0.05) is 11.9 Å². The Bertz CT molecular complexity index is 880. The first-order valence-corrected chi connectivity index (χ1v) is 11.4. The van der Waals surface area contributed by atoms with Gasteiger partial charge in [-0.25, -0.2) is 8.42 Å². The molecular formula is C20H26N2O3S2. The highest BCUT2D eigenvalue weighted by Gasteiger charge is 2.23. The molecule has 7 heteroatoms. The van der Waals surface area contributed by atoms with Crippen molar-refractivity contribution in [3.05, 3.63) is 54.1 Å². The Balaban J connectivity index is 2.09. The van der Waals surface area contributed by atoms with Crippen molar-refractivity contribution >= 4 is 33.4 Å². The van der Waals surface area contributed by atoms with Crippen LogP contribution in [-0.2, 0) is 14.8 Å². The SMILES string of the molecule is CCC(C)c1ccc(S(=O)(=O)N(C)CC(=O)Nc2ccccc2SC)cc1. The third-order valence-corrected chi connectivity index (χ3v) is 7.13. The van der Waals surface area contributed by atoms with Crippen LogP contribution in [0.25, 0.3) is 0 Å². The number of sulfonamides is 1. The number of thioether (sulfide) groups is 1. The first kappa shape index (κ1) is 21.5. The van der Waals surface area contributed by atoms with E-state index in [0.717, 1.165) is 21.2 Å². The zero-order valence-corrected chi connectivity index (χ0v) is 17.7. The summed E-state index contributed by atoms with van der Waals surface area (Å²) in [5, 5.41) is 2.78. The molecule has 2 aromatic rings. The van der Waals surface area contributed by atoms with Gasteiger partial charge in [-0.05, 0) is 48.4 Å². The van der Waals surface area contributed by atoms with Crippen LogP contribution in [0.15, 0.2) is 58.3 Å². The average molecular weight is 407 g/mol. The molecule has 0 saturated heterocycles. The van der Waals surface area contributed by atoms with E-state index in [1.807, 2.05) is 36.6 Å². The summed E-state index contributed by atoms with van der Waals surface area (Å²) in [7, 11) is -2.31. The van der Waals surface area contributed by atoms with Crippen molar-refractivity contribution in [2.24, 2.45) is 0 Å². The van der Waals surface area contributed by atoms with Crippen molar-refractivity contribution in [1.29, 1.82) is 0 Å². The molecule has 0 heterocycles. The lowest BCUT2D eigenvalue weighted by Crippen LogP contribution is -2.35. The number of carbonyl (C=O) groups excluding carboxylic acids is 1. The largest absolute Gasteiger partial charge is 0.324 e. The molecule has 1 unspecified atom stereocenters. The van der Waals surface area contributed by atoms with E-state index in [9.17, 15) is 13.2 Å². The Kier molecular flexibility index (Phi) is 7.47. The number of hydrogen-bond acceptors (Lipinski definition) is 4. The third-order valence-electron chi connectivity index (χ3n) is 4.52. The number of nitrogens with zero attached hydrogens (tertiary/aromatic N) is 1. The highest BCUT2D eigenvalue weighted by molar-refractivity contribution is 7.98. The van der Waals surface area contributed by atoms with Crippen molar-refractivity contribution in [3.8, 4) is 0 Å². The zero-order valence-electron chi connectivity index (χ0n) is 16.1. The Morgan fingerprint density at radius 2 is 1.78 bits per heavy atom. The van der Waals surface area contributed by atoms with Crippen LogP contribution in [0.1, 0.15) is 31.7 Å². The maximum Gasteiger partial charge on any atom is 0.243 e. The summed E-state index contributed by atoms with van der Waals surface area (Å²) in [6.07, 6.45) is 2.91. The molecule has 0 spiro atoms. The molecule has 0 radical (unpaired) electrons. The predicted molar refractivity (Wildman–Crippen MR) is 112 cm³/mol. The molecule has 0 bridgehead atoms. The summed E-state index contributed by atoms with van der Waals surface area (Å²) in [6, 6.07) is 14.3. The minimum Gasteiger partial charge on any atom is -0.324 e. The molecule has 0 saturated carbocycles. The van der Waals surface area contributed by atoms with Gasteiger partial charge in [0.2, 0.25) is 15.9 Å². The number of nitrogens with one attached hydrogen (secondary N) is 1. The number of hydrogen-bond donors (Lipinski definition) is 1. The molecule has 1 amide bonds. The second-order valence-corrected chi connectivity index (χ2v) is 9.28. The van der Waals surface area contributed by atoms with Gasteiger partial charge in [-0.3, -0.25) is 4.79 Å². The molecule has 0 aromatic heterocycles. The van der Waals surface area contributed by atoms with Crippen LogP contribution in [0.5, 0.6) is 0 Å². The normalized spacial score (nSPS) is 12.8. The number of carbonyl (C=O) groups is 1. The van der Waals surface area contributed by atoms with Crippen molar-refractivity contribution < 1.29 is 13.2 Å². The number of benzene rings is 2. The van der Waals surface area contributed by atoms with Gasteiger partial charge in [0.1, 0.15) is 0 Å². The monoisotopic (exact) mass is 406 g/mol. The number of likely N-dealkylation sites (N-methyl/N-ethyl adjacent to an activating group) is 1. The Morgan fingerprint density at radius 3 is 2.37 bits per heavy atom. The van der Waals surface area contributed by atoms with Gasteiger partial charge < -0.3 is 5.32 Å². The molecule has 0 aliphatic carbocycles. The highest BCUT2D eigenvalue weighted by Crippen LogP contribution is 2.25. The van der Waals surface area contributed by atoms with Crippen LogP contribution >= 0.6 is 11.8 Å². The molecule has 2 rings (SSSR count). The Hall–Kier alpha value is -1.83. The molecule has 0 aliphatic heterocycles. The second-order valence-electron chi connectivity index (χ2n) is 6.39. The molecule has 0 fully saturated rings. The maximum atomic E-state index is 12.7. The van der Waals surface area contributed by atoms with Gasteiger partial charge >= 0.3 is 0 Å². The predicted octanol–water partition coefficient (Wildman–Crippen LogP) is 4.18. The third kappa shape index (κ3) is 5.34. The zero-order chi connectivity index (χ0) is 20.0. The molecule has 2 aromatic carbocycles. The molecule has 27 heavy (non-hydrogen) atoms. The minimum absolute atomic E-state index is 0.189. The van der Waals surface area contributed by atoms with E-state index in [1.165, 1.54) is 18.8 Å². The van der Waals surface area contributed by atoms with Gasteiger partial charge in [-0.15, -0.1) is 11.8 Å². The lowest BCUT2D eigenvalue weighted by Gasteiger charge is -2.18. The fraction of sp³-hybridized carbons (Fsp3) is 0.350. The smallest absolute Gasteiger partial charge is 0.243 e. The van der Waals surface area contributed by atoms with Crippen molar-refractivity contribution in [2.75, 3.05) is 25.2 Å². The first-order chi connectivity index (χ1) is 12.8. The molecule has 1 N–H and O–H groups in total. The first-order valence-electron chi connectivity index (χ1n) is 8.78. The lowest BCUT2D eigenvalue weighted by atomic mass is 9.99. The van der Waals surface area contributed by atoms with Crippen molar-refractivity contribution in [2.45, 2.75) is 36.0 Å². The van der Waals surface area contributed by atoms with Crippen LogP contribution < -0.4 is 5.32 Å². The van der Waals surface area contributed by atoms with E-state index in [4.69, 9.17) is 0 Å². The second kappa shape index (κ2) is 9.39. The summed E-state index contributed by atoms with van der Waals surface area (Å²) in [5.74, 6) is 0.000524. The molecular weight excluding hydrogens is 380 g/mol. The highest BCUT2D eigenvalue weighted by atomic mass is 32.2. The number of rotatable bonds is 8. The van der Waals surface area contributed by atoms with Gasteiger partial charge in [-0.1, -0.05) is 38.1 Å². The van der Waals surface area contributed by atoms with E-state index < -0.39 is 10.0 Å². The fourth-order valence-corrected chi connectivity index (χ4v) is 4.29. The van der Waals surface area contributed by atoms with Crippen LogP contribution in [0, 0.1) is 0 Å². The topological polar surface area (TPSA) is 66.5 Å². The molecule has 0 aliphatic rings. The van der Waals surface area contributed by atoms with E-state index in [1.54, 1.807) is 18.2 Å². The molecule has 146 valence electrons. The number of para-hydroxylation sites is 1. The Labute approximate surface area is 166 Å². The van der Waals surface area contributed by atoms with Gasteiger partial charge in [-0.2, -0.15) is 4.31 Å². The number of anilines is 1. The Morgan fingerprint density at radius 1 is 1.15 bits per heavy atom. The summed E-state index contributed by atoms with van der Waals surface area (Å²) in [4.78, 5) is 13.4. The molecule has 5 nitrogen and oxygen atoms in total.